The zero-order valence-electron chi connectivity index (χ0n) is 13.4. The van der Waals surface area contributed by atoms with E-state index in [-0.39, 0.29) is 25.4 Å². The Bertz CT molecular complexity index is 586. The lowest BCUT2D eigenvalue weighted by Gasteiger charge is -2.34. The van der Waals surface area contributed by atoms with Crippen molar-refractivity contribution < 1.29 is 10.2 Å². The minimum absolute atomic E-state index is 0.0196. The molecule has 4 nitrogen and oxygen atoms in total. The second-order valence-electron chi connectivity index (χ2n) is 5.82. The molecule has 0 spiro atoms. The number of hydrogen-bond donors (Lipinski definition) is 3. The molecule has 2 aromatic carbocycles. The smallest absolute Gasteiger partial charge is 0.0841 e. The standard InChI is InChI=1S/C18H26N2O2/c1-14(2)20(9-10-21)18(13-22)19-12-15-7-8-16-5-3-4-6-17(16)11-15/h3-8,11,14,18-19,21-22H,9-10,12-13H2,1-2H3. The van der Waals surface area contributed by atoms with Crippen molar-refractivity contribution >= 4 is 10.8 Å². The van der Waals surface area contributed by atoms with E-state index in [0.717, 1.165) is 0 Å². The van der Waals surface area contributed by atoms with Crippen LogP contribution >= 0.6 is 0 Å². The molecule has 2 rings (SSSR count). The first-order valence-electron chi connectivity index (χ1n) is 7.84. The van der Waals surface area contributed by atoms with Gasteiger partial charge in [0.25, 0.3) is 0 Å². The SMILES string of the molecule is CC(C)N(CCO)C(CO)NCc1ccc2ccccc2c1. The fourth-order valence-corrected chi connectivity index (χ4v) is 2.76. The highest BCUT2D eigenvalue weighted by Gasteiger charge is 2.19. The Morgan fingerprint density at radius 2 is 1.77 bits per heavy atom. The Labute approximate surface area is 132 Å². The molecule has 0 bridgehead atoms. The minimum Gasteiger partial charge on any atom is -0.395 e. The third-order valence-corrected chi connectivity index (χ3v) is 3.95. The van der Waals surface area contributed by atoms with Gasteiger partial charge in [0.2, 0.25) is 0 Å². The van der Waals surface area contributed by atoms with Crippen molar-refractivity contribution in [2.24, 2.45) is 0 Å². The monoisotopic (exact) mass is 302 g/mol. The van der Waals surface area contributed by atoms with E-state index in [2.05, 4.69) is 54.4 Å². The van der Waals surface area contributed by atoms with Crippen LogP contribution in [0.2, 0.25) is 0 Å². The average Bonchev–Trinajstić information content (AvgIpc) is 2.54. The highest BCUT2D eigenvalue weighted by Crippen LogP contribution is 2.15. The number of aliphatic hydroxyl groups is 2. The zero-order chi connectivity index (χ0) is 15.9. The lowest BCUT2D eigenvalue weighted by atomic mass is 10.1. The van der Waals surface area contributed by atoms with E-state index in [9.17, 15) is 10.2 Å². The van der Waals surface area contributed by atoms with E-state index in [4.69, 9.17) is 0 Å². The fourth-order valence-electron chi connectivity index (χ4n) is 2.76. The third kappa shape index (κ3) is 4.27. The zero-order valence-corrected chi connectivity index (χ0v) is 13.4. The van der Waals surface area contributed by atoms with Gasteiger partial charge < -0.3 is 10.2 Å². The number of hydrogen-bond acceptors (Lipinski definition) is 4. The van der Waals surface area contributed by atoms with Crippen molar-refractivity contribution in [1.82, 2.24) is 10.2 Å². The van der Waals surface area contributed by atoms with Crippen molar-refractivity contribution in [2.75, 3.05) is 19.8 Å². The average molecular weight is 302 g/mol. The number of nitrogens with one attached hydrogen (secondary N) is 1. The fraction of sp³-hybridized carbons (Fsp3) is 0.444. The van der Waals surface area contributed by atoms with Crippen LogP contribution in [0.15, 0.2) is 42.5 Å². The van der Waals surface area contributed by atoms with E-state index < -0.39 is 0 Å². The molecule has 0 amide bonds. The molecule has 2 aromatic rings. The molecule has 1 atom stereocenters. The summed E-state index contributed by atoms with van der Waals surface area (Å²) in [4.78, 5) is 2.07. The summed E-state index contributed by atoms with van der Waals surface area (Å²) in [5.41, 5.74) is 1.19. The van der Waals surface area contributed by atoms with Crippen molar-refractivity contribution in [1.29, 1.82) is 0 Å². The van der Waals surface area contributed by atoms with Crippen LogP contribution in [0.25, 0.3) is 10.8 Å². The van der Waals surface area contributed by atoms with E-state index in [1.165, 1.54) is 16.3 Å². The summed E-state index contributed by atoms with van der Waals surface area (Å²) in [6.07, 6.45) is -0.154. The molecule has 0 aliphatic carbocycles. The maximum Gasteiger partial charge on any atom is 0.0841 e. The number of aliphatic hydroxyl groups excluding tert-OH is 2. The van der Waals surface area contributed by atoms with Gasteiger partial charge in [0, 0.05) is 19.1 Å². The normalized spacial score (nSPS) is 13.2. The Hall–Kier alpha value is -1.46. The van der Waals surface area contributed by atoms with Crippen LogP contribution in [0.1, 0.15) is 19.4 Å². The molecule has 0 saturated heterocycles. The Morgan fingerprint density at radius 3 is 2.41 bits per heavy atom. The molecule has 0 saturated carbocycles. The van der Waals surface area contributed by atoms with E-state index >= 15 is 0 Å². The van der Waals surface area contributed by atoms with Gasteiger partial charge in [0.05, 0.1) is 19.4 Å². The largest absolute Gasteiger partial charge is 0.395 e. The predicted molar refractivity (Wildman–Crippen MR) is 90.6 cm³/mol. The van der Waals surface area contributed by atoms with Crippen LogP contribution in [0.3, 0.4) is 0 Å². The first kappa shape index (κ1) is 16.9. The molecule has 4 heteroatoms. The molecule has 0 radical (unpaired) electrons. The highest BCUT2D eigenvalue weighted by molar-refractivity contribution is 5.82. The molecule has 0 aromatic heterocycles. The van der Waals surface area contributed by atoms with Crippen LogP contribution in [0, 0.1) is 0 Å². The molecule has 0 aliphatic rings. The van der Waals surface area contributed by atoms with Crippen molar-refractivity contribution in [3.05, 3.63) is 48.0 Å². The molecule has 0 aliphatic heterocycles. The van der Waals surface area contributed by atoms with Crippen molar-refractivity contribution in [3.8, 4) is 0 Å². The lowest BCUT2D eigenvalue weighted by molar-refractivity contribution is 0.0565. The topological polar surface area (TPSA) is 55.7 Å². The van der Waals surface area contributed by atoms with Gasteiger partial charge in [-0.05, 0) is 36.2 Å². The summed E-state index contributed by atoms with van der Waals surface area (Å²) in [5, 5.41) is 24.7. The van der Waals surface area contributed by atoms with Gasteiger partial charge in [-0.2, -0.15) is 0 Å². The number of fused-ring (bicyclic) bond motifs is 1. The summed E-state index contributed by atoms with van der Waals surface area (Å²) >= 11 is 0. The molecule has 0 heterocycles. The number of nitrogens with zero attached hydrogens (tertiary/aromatic N) is 1. The highest BCUT2D eigenvalue weighted by atomic mass is 16.3. The summed E-state index contributed by atoms with van der Waals surface area (Å²) in [5.74, 6) is 0. The molecule has 120 valence electrons. The quantitative estimate of drug-likeness (QED) is 0.652. The van der Waals surface area contributed by atoms with Crippen LogP contribution in [-0.4, -0.2) is 47.1 Å². The third-order valence-electron chi connectivity index (χ3n) is 3.95. The maximum atomic E-state index is 9.64. The molecule has 0 fully saturated rings. The van der Waals surface area contributed by atoms with Crippen molar-refractivity contribution in [3.63, 3.8) is 0 Å². The van der Waals surface area contributed by atoms with Gasteiger partial charge in [-0.1, -0.05) is 36.4 Å². The second-order valence-corrected chi connectivity index (χ2v) is 5.82. The van der Waals surface area contributed by atoms with Crippen LogP contribution in [0.5, 0.6) is 0 Å². The first-order chi connectivity index (χ1) is 10.7. The van der Waals surface area contributed by atoms with E-state index in [1.807, 2.05) is 12.1 Å². The molecular formula is C18H26N2O2. The summed E-state index contributed by atoms with van der Waals surface area (Å²) in [6, 6.07) is 14.9. The van der Waals surface area contributed by atoms with Crippen LogP contribution in [-0.2, 0) is 6.54 Å². The Kier molecular flexibility index (Phi) is 6.34. The summed E-state index contributed by atoms with van der Waals surface area (Å²) < 4.78 is 0. The summed E-state index contributed by atoms with van der Waals surface area (Å²) in [6.45, 7) is 5.47. The van der Waals surface area contributed by atoms with Crippen LogP contribution < -0.4 is 5.32 Å². The molecule has 3 N–H and O–H groups in total. The Morgan fingerprint density at radius 1 is 1.05 bits per heavy atom. The first-order valence-corrected chi connectivity index (χ1v) is 7.84. The lowest BCUT2D eigenvalue weighted by Crippen LogP contribution is -2.51. The number of benzene rings is 2. The maximum absolute atomic E-state index is 9.64. The van der Waals surface area contributed by atoms with Gasteiger partial charge in [0.1, 0.15) is 0 Å². The molecule has 22 heavy (non-hydrogen) atoms. The van der Waals surface area contributed by atoms with E-state index in [1.54, 1.807) is 0 Å². The summed E-state index contributed by atoms with van der Waals surface area (Å²) in [7, 11) is 0. The van der Waals surface area contributed by atoms with E-state index in [0.29, 0.717) is 13.1 Å². The minimum atomic E-state index is -0.154. The van der Waals surface area contributed by atoms with Crippen LogP contribution in [0.4, 0.5) is 0 Å². The van der Waals surface area contributed by atoms with Gasteiger partial charge in [0.15, 0.2) is 0 Å². The van der Waals surface area contributed by atoms with Gasteiger partial charge in [-0.3, -0.25) is 10.2 Å². The van der Waals surface area contributed by atoms with Gasteiger partial charge >= 0.3 is 0 Å². The van der Waals surface area contributed by atoms with Gasteiger partial charge in [-0.15, -0.1) is 0 Å². The predicted octanol–water partition coefficient (Wildman–Crippen LogP) is 1.95. The van der Waals surface area contributed by atoms with Gasteiger partial charge in [-0.25, -0.2) is 0 Å². The molecule has 1 unspecified atom stereocenters. The van der Waals surface area contributed by atoms with Crippen molar-refractivity contribution in [2.45, 2.75) is 32.6 Å². The Balaban J connectivity index is 2.04. The second kappa shape index (κ2) is 8.25. The number of rotatable bonds is 8. The molecular weight excluding hydrogens is 276 g/mol.